The standard InChI is InChI=1S/C21H21FN4O2/c22-16-8-6-14(7-9-16)20-15(11-24-21(28)19-10-18(27)12-23-19)13-26(25-20)17-4-2-1-3-5-17/h1-9,13,18-19,23,27H,10-12H2,(H,24,28)/t18-,19+/m1/s1. The smallest absolute Gasteiger partial charge is 0.237 e. The molecule has 0 spiro atoms. The van der Waals surface area contributed by atoms with Crippen LogP contribution in [-0.2, 0) is 11.3 Å². The molecule has 144 valence electrons. The van der Waals surface area contributed by atoms with Gasteiger partial charge >= 0.3 is 0 Å². The van der Waals surface area contributed by atoms with E-state index in [0.29, 0.717) is 18.7 Å². The van der Waals surface area contributed by atoms with Crippen LogP contribution < -0.4 is 10.6 Å². The monoisotopic (exact) mass is 380 g/mol. The summed E-state index contributed by atoms with van der Waals surface area (Å²) in [6.45, 7) is 0.706. The van der Waals surface area contributed by atoms with Crippen molar-refractivity contribution < 1.29 is 14.3 Å². The molecule has 6 nitrogen and oxygen atoms in total. The van der Waals surface area contributed by atoms with Crippen LogP contribution in [0.1, 0.15) is 12.0 Å². The Bertz CT molecular complexity index is 956. The molecule has 0 aliphatic carbocycles. The summed E-state index contributed by atoms with van der Waals surface area (Å²) in [7, 11) is 0. The molecule has 0 unspecified atom stereocenters. The molecule has 1 amide bonds. The zero-order valence-corrected chi connectivity index (χ0v) is 15.2. The quantitative estimate of drug-likeness (QED) is 0.633. The first-order valence-electron chi connectivity index (χ1n) is 9.19. The number of β-amino-alcohol motifs (C(OH)–C–C–N with tert-alkyl or cyclic N) is 1. The van der Waals surface area contributed by atoms with Gasteiger partial charge in [0.15, 0.2) is 0 Å². The Morgan fingerprint density at radius 1 is 1.21 bits per heavy atom. The van der Waals surface area contributed by atoms with Gasteiger partial charge in [-0.3, -0.25) is 4.79 Å². The zero-order chi connectivity index (χ0) is 19.5. The minimum Gasteiger partial charge on any atom is -0.392 e. The second kappa shape index (κ2) is 7.92. The van der Waals surface area contributed by atoms with Crippen molar-refractivity contribution in [2.45, 2.75) is 25.1 Å². The van der Waals surface area contributed by atoms with E-state index in [1.54, 1.807) is 16.8 Å². The van der Waals surface area contributed by atoms with Gasteiger partial charge in [-0.1, -0.05) is 18.2 Å². The van der Waals surface area contributed by atoms with Gasteiger partial charge in [0.25, 0.3) is 0 Å². The van der Waals surface area contributed by atoms with Crippen molar-refractivity contribution in [2.24, 2.45) is 0 Å². The molecule has 28 heavy (non-hydrogen) atoms. The van der Waals surface area contributed by atoms with Gasteiger partial charge in [-0.2, -0.15) is 5.10 Å². The highest BCUT2D eigenvalue weighted by atomic mass is 19.1. The van der Waals surface area contributed by atoms with Crippen LogP contribution in [-0.4, -0.2) is 39.5 Å². The molecule has 1 aromatic heterocycles. The zero-order valence-electron chi connectivity index (χ0n) is 15.2. The van der Waals surface area contributed by atoms with E-state index < -0.39 is 12.1 Å². The van der Waals surface area contributed by atoms with Gasteiger partial charge < -0.3 is 15.7 Å². The Morgan fingerprint density at radius 3 is 2.64 bits per heavy atom. The molecule has 4 rings (SSSR count). The number of hydrogen-bond acceptors (Lipinski definition) is 4. The van der Waals surface area contributed by atoms with Crippen LogP contribution in [0.5, 0.6) is 0 Å². The topological polar surface area (TPSA) is 79.2 Å². The number of carbonyl (C=O) groups is 1. The maximum absolute atomic E-state index is 13.3. The van der Waals surface area contributed by atoms with Gasteiger partial charge in [-0.05, 0) is 42.8 Å². The molecule has 0 bridgehead atoms. The lowest BCUT2D eigenvalue weighted by molar-refractivity contribution is -0.123. The summed E-state index contributed by atoms with van der Waals surface area (Å²) in [5.74, 6) is -0.471. The van der Waals surface area contributed by atoms with Crippen LogP contribution in [0.25, 0.3) is 16.9 Å². The van der Waals surface area contributed by atoms with Gasteiger partial charge in [0.1, 0.15) is 5.82 Å². The third kappa shape index (κ3) is 3.95. The lowest BCUT2D eigenvalue weighted by atomic mass is 10.1. The van der Waals surface area contributed by atoms with E-state index in [1.807, 2.05) is 36.5 Å². The highest BCUT2D eigenvalue weighted by molar-refractivity contribution is 5.82. The Morgan fingerprint density at radius 2 is 1.96 bits per heavy atom. The van der Waals surface area contributed by atoms with E-state index in [9.17, 15) is 14.3 Å². The van der Waals surface area contributed by atoms with Crippen LogP contribution >= 0.6 is 0 Å². The van der Waals surface area contributed by atoms with Crippen LogP contribution in [0.4, 0.5) is 4.39 Å². The summed E-state index contributed by atoms with van der Waals surface area (Å²) < 4.78 is 15.1. The molecule has 3 N–H and O–H groups in total. The average Bonchev–Trinajstić information content (AvgIpc) is 3.34. The van der Waals surface area contributed by atoms with E-state index in [2.05, 4.69) is 15.7 Å². The van der Waals surface area contributed by atoms with Crippen LogP contribution in [0.3, 0.4) is 0 Å². The summed E-state index contributed by atoms with van der Waals surface area (Å²) in [6.07, 6.45) is 1.77. The highest BCUT2D eigenvalue weighted by Crippen LogP contribution is 2.24. The van der Waals surface area contributed by atoms with Crippen molar-refractivity contribution in [1.29, 1.82) is 0 Å². The second-order valence-electron chi connectivity index (χ2n) is 6.86. The summed E-state index contributed by atoms with van der Waals surface area (Å²) in [5.41, 5.74) is 3.17. The minimum absolute atomic E-state index is 0.158. The molecular weight excluding hydrogens is 359 g/mol. The molecule has 2 heterocycles. The fourth-order valence-corrected chi connectivity index (χ4v) is 3.33. The van der Waals surface area contributed by atoms with Crippen molar-refractivity contribution in [3.63, 3.8) is 0 Å². The van der Waals surface area contributed by atoms with E-state index in [-0.39, 0.29) is 18.3 Å². The Labute approximate surface area is 162 Å². The number of para-hydroxylation sites is 1. The second-order valence-corrected chi connectivity index (χ2v) is 6.86. The SMILES string of the molecule is O=C(NCc1cn(-c2ccccc2)nc1-c1ccc(F)cc1)[C@@H]1C[C@@H](O)CN1. The number of halogens is 1. The molecule has 2 atom stereocenters. The van der Waals surface area contributed by atoms with Crippen molar-refractivity contribution in [2.75, 3.05) is 6.54 Å². The molecule has 3 aromatic rings. The summed E-state index contributed by atoms with van der Waals surface area (Å²) >= 11 is 0. The van der Waals surface area contributed by atoms with E-state index >= 15 is 0 Å². The maximum atomic E-state index is 13.3. The number of aromatic nitrogens is 2. The molecule has 0 radical (unpaired) electrons. The van der Waals surface area contributed by atoms with Gasteiger partial charge in [0.05, 0.1) is 23.5 Å². The molecule has 1 fully saturated rings. The van der Waals surface area contributed by atoms with Gasteiger partial charge in [-0.25, -0.2) is 9.07 Å². The third-order valence-electron chi connectivity index (χ3n) is 4.81. The Hall–Kier alpha value is -3.03. The normalized spacial score (nSPS) is 18.9. The number of nitrogens with zero attached hydrogens (tertiary/aromatic N) is 2. The first-order valence-corrected chi connectivity index (χ1v) is 9.19. The number of aliphatic hydroxyl groups excluding tert-OH is 1. The van der Waals surface area contributed by atoms with Crippen LogP contribution in [0.2, 0.25) is 0 Å². The summed E-state index contributed by atoms with van der Waals surface area (Å²) in [5, 5.41) is 20.2. The lowest BCUT2D eigenvalue weighted by Crippen LogP contribution is -2.40. The average molecular weight is 380 g/mol. The van der Waals surface area contributed by atoms with Crippen molar-refractivity contribution in [1.82, 2.24) is 20.4 Å². The molecular formula is C21H21FN4O2. The van der Waals surface area contributed by atoms with Gasteiger partial charge in [0.2, 0.25) is 5.91 Å². The van der Waals surface area contributed by atoms with Crippen molar-refractivity contribution >= 4 is 5.91 Å². The number of carbonyl (C=O) groups excluding carboxylic acids is 1. The van der Waals surface area contributed by atoms with E-state index in [1.165, 1.54) is 12.1 Å². The number of benzene rings is 2. The first-order chi connectivity index (χ1) is 13.6. The maximum Gasteiger partial charge on any atom is 0.237 e. The third-order valence-corrected chi connectivity index (χ3v) is 4.81. The Balaban J connectivity index is 1.60. The largest absolute Gasteiger partial charge is 0.392 e. The highest BCUT2D eigenvalue weighted by Gasteiger charge is 2.28. The summed E-state index contributed by atoms with van der Waals surface area (Å²) in [6, 6.07) is 15.4. The fraction of sp³-hybridized carbons (Fsp3) is 0.238. The minimum atomic E-state index is -0.494. The lowest BCUT2D eigenvalue weighted by Gasteiger charge is -2.11. The van der Waals surface area contributed by atoms with E-state index in [4.69, 9.17) is 0 Å². The predicted molar refractivity (Wildman–Crippen MR) is 103 cm³/mol. The molecule has 1 saturated heterocycles. The van der Waals surface area contributed by atoms with E-state index in [0.717, 1.165) is 16.8 Å². The number of aliphatic hydroxyl groups is 1. The van der Waals surface area contributed by atoms with Gasteiger partial charge in [0, 0.05) is 30.4 Å². The number of nitrogens with one attached hydrogen (secondary N) is 2. The van der Waals surface area contributed by atoms with Crippen LogP contribution in [0, 0.1) is 5.82 Å². The molecule has 1 aliphatic heterocycles. The molecule has 2 aromatic carbocycles. The first kappa shape index (κ1) is 18.3. The number of rotatable bonds is 5. The van der Waals surface area contributed by atoms with Crippen molar-refractivity contribution in [3.8, 4) is 16.9 Å². The fourth-order valence-electron chi connectivity index (χ4n) is 3.33. The number of amides is 1. The van der Waals surface area contributed by atoms with Crippen LogP contribution in [0.15, 0.2) is 60.8 Å². The molecule has 0 saturated carbocycles. The molecule has 7 heteroatoms. The van der Waals surface area contributed by atoms with Gasteiger partial charge in [-0.15, -0.1) is 0 Å². The molecule has 1 aliphatic rings. The van der Waals surface area contributed by atoms with Crippen molar-refractivity contribution in [3.05, 3.63) is 72.2 Å². The summed E-state index contributed by atoms with van der Waals surface area (Å²) in [4.78, 5) is 12.4. The Kier molecular flexibility index (Phi) is 5.18. The predicted octanol–water partition coefficient (Wildman–Crippen LogP) is 2.02. The number of hydrogen-bond donors (Lipinski definition) is 3.